The Labute approximate surface area is 116 Å². The predicted octanol–water partition coefficient (Wildman–Crippen LogP) is 2.05. The molecule has 4 heteroatoms. The summed E-state index contributed by atoms with van der Waals surface area (Å²) in [7, 11) is 2.05. The Morgan fingerprint density at radius 3 is 2.53 bits per heavy atom. The van der Waals surface area contributed by atoms with Crippen LogP contribution in [0.4, 0.5) is 0 Å². The molecule has 0 aliphatic carbocycles. The van der Waals surface area contributed by atoms with Gasteiger partial charge < -0.3 is 4.90 Å². The van der Waals surface area contributed by atoms with Crippen LogP contribution in [0.3, 0.4) is 0 Å². The first kappa shape index (κ1) is 14.1. The van der Waals surface area contributed by atoms with E-state index >= 15 is 0 Å². The van der Waals surface area contributed by atoms with E-state index in [1.165, 1.54) is 0 Å². The van der Waals surface area contributed by atoms with Crippen LogP contribution >= 0.6 is 0 Å². The van der Waals surface area contributed by atoms with Gasteiger partial charge in [0.15, 0.2) is 0 Å². The van der Waals surface area contributed by atoms with E-state index in [1.54, 1.807) is 0 Å². The topological polar surface area (TPSA) is 29.1 Å². The number of likely N-dealkylation sites (tertiary alicyclic amines) is 1. The summed E-state index contributed by atoms with van der Waals surface area (Å²) < 4.78 is 4.35. The van der Waals surface area contributed by atoms with E-state index in [-0.39, 0.29) is 0 Å². The molecule has 2 heterocycles. The van der Waals surface area contributed by atoms with E-state index in [9.17, 15) is 4.79 Å². The summed E-state index contributed by atoms with van der Waals surface area (Å²) in [5.74, 6) is 0.347. The molecule has 0 aromatic carbocycles. The minimum Gasteiger partial charge on any atom is -0.340 e. The van der Waals surface area contributed by atoms with Crippen molar-refractivity contribution in [2.75, 3.05) is 6.54 Å². The normalized spacial score (nSPS) is 18.9. The van der Waals surface area contributed by atoms with Gasteiger partial charge in [-0.1, -0.05) is 13.8 Å². The Morgan fingerprint density at radius 1 is 1.32 bits per heavy atom. The Morgan fingerprint density at radius 2 is 2.05 bits per heavy atom. The number of aromatic nitrogens is 2. The SMILES string of the molecule is CCC(CC(CC)n1cc[n+](C)c1)N1CCCC1=O. The van der Waals surface area contributed by atoms with Crippen molar-refractivity contribution in [2.24, 2.45) is 7.05 Å². The highest BCUT2D eigenvalue weighted by atomic mass is 16.2. The molecule has 19 heavy (non-hydrogen) atoms. The number of hydrogen-bond donors (Lipinski definition) is 0. The average Bonchev–Trinajstić information content (AvgIpc) is 3.00. The molecule has 1 saturated heterocycles. The molecule has 0 N–H and O–H groups in total. The maximum atomic E-state index is 11.9. The third-order valence-electron chi connectivity index (χ3n) is 4.25. The van der Waals surface area contributed by atoms with Crippen molar-refractivity contribution in [1.29, 1.82) is 0 Å². The quantitative estimate of drug-likeness (QED) is 0.723. The van der Waals surface area contributed by atoms with Gasteiger partial charge in [0.05, 0.1) is 7.05 Å². The highest BCUT2D eigenvalue weighted by Gasteiger charge is 2.29. The zero-order valence-corrected chi connectivity index (χ0v) is 12.4. The van der Waals surface area contributed by atoms with Gasteiger partial charge in [-0.25, -0.2) is 9.13 Å². The number of nitrogens with zero attached hydrogens (tertiary/aromatic N) is 3. The second-order valence-electron chi connectivity index (χ2n) is 5.58. The van der Waals surface area contributed by atoms with Crippen molar-refractivity contribution in [3.63, 3.8) is 0 Å². The number of amides is 1. The lowest BCUT2D eigenvalue weighted by atomic mass is 10.0. The van der Waals surface area contributed by atoms with Crippen LogP contribution in [0.5, 0.6) is 0 Å². The lowest BCUT2D eigenvalue weighted by Crippen LogP contribution is -2.37. The van der Waals surface area contributed by atoms with Gasteiger partial charge in [0.2, 0.25) is 12.2 Å². The van der Waals surface area contributed by atoms with Crippen molar-refractivity contribution in [2.45, 2.75) is 58.0 Å². The molecule has 1 aromatic rings. The van der Waals surface area contributed by atoms with Crippen molar-refractivity contribution in [1.82, 2.24) is 9.47 Å². The smallest absolute Gasteiger partial charge is 0.243 e. The minimum absolute atomic E-state index is 0.347. The fraction of sp³-hybridized carbons (Fsp3) is 0.733. The Hall–Kier alpha value is -1.32. The van der Waals surface area contributed by atoms with Crippen LogP contribution < -0.4 is 4.57 Å². The molecule has 2 unspecified atom stereocenters. The Bertz CT molecular complexity index is 427. The monoisotopic (exact) mass is 264 g/mol. The van der Waals surface area contributed by atoms with Crippen LogP contribution in [-0.2, 0) is 11.8 Å². The Kier molecular flexibility index (Phi) is 4.61. The largest absolute Gasteiger partial charge is 0.340 e. The molecular formula is C15H26N3O+. The van der Waals surface area contributed by atoms with Gasteiger partial charge in [-0.15, -0.1) is 0 Å². The molecule has 4 nitrogen and oxygen atoms in total. The van der Waals surface area contributed by atoms with Gasteiger partial charge in [-0.3, -0.25) is 4.79 Å². The van der Waals surface area contributed by atoms with Crippen LogP contribution in [0.25, 0.3) is 0 Å². The molecule has 0 saturated carbocycles. The Balaban J connectivity index is 2.05. The zero-order chi connectivity index (χ0) is 13.8. The van der Waals surface area contributed by atoms with Crippen LogP contribution in [0.2, 0.25) is 0 Å². The van der Waals surface area contributed by atoms with E-state index in [0.717, 1.165) is 38.6 Å². The van der Waals surface area contributed by atoms with Crippen LogP contribution in [0.15, 0.2) is 18.7 Å². The number of carbonyl (C=O) groups is 1. The molecule has 2 rings (SSSR count). The van der Waals surface area contributed by atoms with Crippen molar-refractivity contribution in [3.05, 3.63) is 18.7 Å². The number of imidazole rings is 1. The molecule has 2 atom stereocenters. The summed E-state index contributed by atoms with van der Waals surface area (Å²) in [5, 5.41) is 0. The zero-order valence-electron chi connectivity index (χ0n) is 12.4. The van der Waals surface area contributed by atoms with Crippen molar-refractivity contribution < 1.29 is 9.36 Å². The lowest BCUT2D eigenvalue weighted by Gasteiger charge is -2.29. The predicted molar refractivity (Wildman–Crippen MR) is 74.6 cm³/mol. The number of aryl methyl sites for hydroxylation is 1. The maximum absolute atomic E-state index is 11.9. The third-order valence-corrected chi connectivity index (χ3v) is 4.25. The summed E-state index contributed by atoms with van der Waals surface area (Å²) in [6, 6.07) is 0.882. The maximum Gasteiger partial charge on any atom is 0.243 e. The van der Waals surface area contributed by atoms with Crippen LogP contribution in [0, 0.1) is 0 Å². The molecule has 0 spiro atoms. The van der Waals surface area contributed by atoms with Gasteiger partial charge in [0.25, 0.3) is 0 Å². The van der Waals surface area contributed by atoms with Gasteiger partial charge in [-0.05, 0) is 19.3 Å². The highest BCUT2D eigenvalue weighted by Crippen LogP contribution is 2.25. The van der Waals surface area contributed by atoms with Crippen LogP contribution in [-0.4, -0.2) is 28.0 Å². The highest BCUT2D eigenvalue weighted by molar-refractivity contribution is 5.78. The molecule has 106 valence electrons. The molecular weight excluding hydrogens is 238 g/mol. The van der Waals surface area contributed by atoms with E-state index in [1.807, 2.05) is 7.05 Å². The van der Waals surface area contributed by atoms with Crippen molar-refractivity contribution >= 4 is 5.91 Å². The number of carbonyl (C=O) groups excluding carboxylic acids is 1. The third kappa shape index (κ3) is 3.17. The number of hydrogen-bond acceptors (Lipinski definition) is 1. The van der Waals surface area contributed by atoms with E-state index in [0.29, 0.717) is 18.0 Å². The fourth-order valence-corrected chi connectivity index (χ4v) is 3.07. The summed E-state index contributed by atoms with van der Waals surface area (Å²) in [6.45, 7) is 5.37. The summed E-state index contributed by atoms with van der Waals surface area (Å²) >= 11 is 0. The van der Waals surface area contributed by atoms with Gasteiger partial charge in [0.1, 0.15) is 18.4 Å². The van der Waals surface area contributed by atoms with Crippen LogP contribution in [0.1, 0.15) is 52.0 Å². The second-order valence-corrected chi connectivity index (χ2v) is 5.58. The molecule has 0 bridgehead atoms. The van der Waals surface area contributed by atoms with Gasteiger partial charge in [0, 0.05) is 25.4 Å². The van der Waals surface area contributed by atoms with E-state index in [4.69, 9.17) is 0 Å². The van der Waals surface area contributed by atoms with E-state index < -0.39 is 0 Å². The lowest BCUT2D eigenvalue weighted by molar-refractivity contribution is -0.671. The molecule has 1 aliphatic heterocycles. The standard InChI is InChI=1S/C15H26N3O/c1-4-13(17-10-9-16(3)12-17)11-14(5-2)18-8-6-7-15(18)19/h9-10,12-14H,4-8,11H2,1-3H3/q+1. The minimum atomic E-state index is 0.347. The average molecular weight is 264 g/mol. The molecule has 1 aliphatic rings. The molecule has 0 radical (unpaired) electrons. The molecule has 1 fully saturated rings. The molecule has 1 amide bonds. The summed E-state index contributed by atoms with van der Waals surface area (Å²) in [6.07, 6.45) is 11.3. The first-order valence-corrected chi connectivity index (χ1v) is 7.47. The second kappa shape index (κ2) is 6.22. The summed E-state index contributed by atoms with van der Waals surface area (Å²) in [4.78, 5) is 14.0. The fourth-order valence-electron chi connectivity index (χ4n) is 3.07. The number of rotatable bonds is 6. The molecule has 1 aromatic heterocycles. The summed E-state index contributed by atoms with van der Waals surface area (Å²) in [5.41, 5.74) is 0. The van der Waals surface area contributed by atoms with Crippen molar-refractivity contribution in [3.8, 4) is 0 Å². The van der Waals surface area contributed by atoms with Gasteiger partial charge >= 0.3 is 0 Å². The first-order chi connectivity index (χ1) is 9.15. The first-order valence-electron chi connectivity index (χ1n) is 7.47. The van der Waals surface area contributed by atoms with E-state index in [2.05, 4.69) is 46.6 Å². The van der Waals surface area contributed by atoms with Gasteiger partial charge in [-0.2, -0.15) is 0 Å².